The molecule has 1 rings (SSSR count). The second kappa shape index (κ2) is 6.30. The third kappa shape index (κ3) is 4.95. The van der Waals surface area contributed by atoms with Crippen LogP contribution in [0.3, 0.4) is 0 Å². The zero-order chi connectivity index (χ0) is 11.9. The van der Waals surface area contributed by atoms with Gasteiger partial charge in [-0.25, -0.2) is 0 Å². The molecule has 0 fully saturated rings. The van der Waals surface area contributed by atoms with E-state index in [0.29, 0.717) is 0 Å². The molecule has 16 heavy (non-hydrogen) atoms. The van der Waals surface area contributed by atoms with Crippen LogP contribution in [0.1, 0.15) is 12.5 Å². The lowest BCUT2D eigenvalue weighted by atomic mass is 10.2. The summed E-state index contributed by atoms with van der Waals surface area (Å²) in [5, 5.41) is 0. The zero-order valence-corrected chi connectivity index (χ0v) is 9.85. The summed E-state index contributed by atoms with van der Waals surface area (Å²) in [7, 11) is -3.60. The van der Waals surface area contributed by atoms with Crippen LogP contribution in [-0.4, -0.2) is 11.5 Å². The highest BCUT2D eigenvalue weighted by molar-refractivity contribution is 7.56. The van der Waals surface area contributed by atoms with Crippen molar-refractivity contribution in [3.05, 3.63) is 47.8 Å². The molecule has 0 aliphatic carbocycles. The Morgan fingerprint density at radius 2 is 2.12 bits per heavy atom. The second-order valence-electron chi connectivity index (χ2n) is 2.93. The summed E-state index contributed by atoms with van der Waals surface area (Å²) in [5.41, 5.74) is 0.858. The van der Waals surface area contributed by atoms with Crippen LogP contribution in [0.5, 0.6) is 0 Å². The fraction of sp³-hybridized carbons (Fsp3) is 0.167. The number of benzene rings is 1. The molecule has 0 bridgehead atoms. The van der Waals surface area contributed by atoms with Crippen molar-refractivity contribution in [3.8, 4) is 11.8 Å². The standard InChI is InChI=1S/C12H13O3P/c1-2-15-16(13,14)11-7-6-10-12-8-4-3-5-9-12/h3-5,7-9,11H,2H2,1H3,(H,13,14)/b11-7-. The zero-order valence-electron chi connectivity index (χ0n) is 8.96. The van der Waals surface area contributed by atoms with Crippen LogP contribution in [0.25, 0.3) is 0 Å². The molecule has 0 aromatic heterocycles. The van der Waals surface area contributed by atoms with Gasteiger partial charge in [-0.1, -0.05) is 30.0 Å². The van der Waals surface area contributed by atoms with Crippen LogP contribution in [0, 0.1) is 11.8 Å². The first-order chi connectivity index (χ1) is 7.64. The fourth-order valence-electron chi connectivity index (χ4n) is 1.01. The molecule has 0 saturated carbocycles. The smallest absolute Gasteiger partial charge is 0.321 e. The minimum absolute atomic E-state index is 0.199. The maximum absolute atomic E-state index is 11.2. The molecule has 0 radical (unpaired) electrons. The van der Waals surface area contributed by atoms with Gasteiger partial charge < -0.3 is 9.42 Å². The van der Waals surface area contributed by atoms with E-state index in [4.69, 9.17) is 0 Å². The molecule has 0 amide bonds. The van der Waals surface area contributed by atoms with Crippen molar-refractivity contribution in [2.75, 3.05) is 6.61 Å². The highest BCUT2D eigenvalue weighted by Crippen LogP contribution is 2.42. The first-order valence-electron chi connectivity index (χ1n) is 4.85. The largest absolute Gasteiger partial charge is 0.352 e. The fourth-order valence-corrected chi connectivity index (χ4v) is 1.72. The lowest BCUT2D eigenvalue weighted by Crippen LogP contribution is -1.83. The Balaban J connectivity index is 2.62. The van der Waals surface area contributed by atoms with Gasteiger partial charge in [-0.2, -0.15) is 0 Å². The maximum atomic E-state index is 11.2. The molecule has 3 nitrogen and oxygen atoms in total. The molecule has 84 valence electrons. The van der Waals surface area contributed by atoms with Crippen molar-refractivity contribution in [3.63, 3.8) is 0 Å². The van der Waals surface area contributed by atoms with Gasteiger partial charge in [0.1, 0.15) is 0 Å². The summed E-state index contributed by atoms with van der Waals surface area (Å²) >= 11 is 0. The van der Waals surface area contributed by atoms with Gasteiger partial charge in [0.2, 0.25) is 0 Å². The average molecular weight is 236 g/mol. The van der Waals surface area contributed by atoms with E-state index in [0.717, 1.165) is 11.4 Å². The predicted octanol–water partition coefficient (Wildman–Crippen LogP) is 2.77. The average Bonchev–Trinajstić information content (AvgIpc) is 2.26. The Labute approximate surface area is 95.3 Å². The van der Waals surface area contributed by atoms with Gasteiger partial charge in [-0.05, 0) is 25.1 Å². The molecule has 1 aromatic carbocycles. The van der Waals surface area contributed by atoms with E-state index in [-0.39, 0.29) is 6.61 Å². The van der Waals surface area contributed by atoms with E-state index < -0.39 is 7.60 Å². The van der Waals surface area contributed by atoms with Gasteiger partial charge in [-0.15, -0.1) is 0 Å². The van der Waals surface area contributed by atoms with E-state index in [2.05, 4.69) is 16.4 Å². The van der Waals surface area contributed by atoms with Gasteiger partial charge in [0, 0.05) is 11.4 Å². The molecule has 0 aliphatic rings. The summed E-state index contributed by atoms with van der Waals surface area (Å²) in [5.74, 6) is 6.60. The monoisotopic (exact) mass is 236 g/mol. The van der Waals surface area contributed by atoms with Crippen LogP contribution in [0.2, 0.25) is 0 Å². The first kappa shape index (κ1) is 12.7. The Hall–Kier alpha value is -1.33. The Morgan fingerprint density at radius 3 is 2.75 bits per heavy atom. The summed E-state index contributed by atoms with van der Waals surface area (Å²) in [6.45, 7) is 1.86. The number of rotatable bonds is 3. The van der Waals surface area contributed by atoms with E-state index in [1.807, 2.05) is 30.3 Å². The third-order valence-corrected chi connectivity index (χ3v) is 2.80. The SMILES string of the molecule is CCOP(=O)(O)/C=C\C#Cc1ccccc1. The molecule has 1 atom stereocenters. The van der Waals surface area contributed by atoms with Crippen LogP contribution >= 0.6 is 7.60 Å². The molecule has 1 unspecified atom stereocenters. The van der Waals surface area contributed by atoms with Crippen molar-refractivity contribution in [2.45, 2.75) is 6.92 Å². The Bertz CT molecular complexity index is 454. The summed E-state index contributed by atoms with van der Waals surface area (Å²) in [6.07, 6.45) is 1.34. The van der Waals surface area contributed by atoms with E-state index in [9.17, 15) is 9.46 Å². The summed E-state index contributed by atoms with van der Waals surface area (Å²) in [4.78, 5) is 9.19. The van der Waals surface area contributed by atoms with Crippen molar-refractivity contribution < 1.29 is 14.0 Å². The normalized spacial score (nSPS) is 14.1. The Kier molecular flexibility index (Phi) is 5.01. The topological polar surface area (TPSA) is 46.5 Å². The lowest BCUT2D eigenvalue weighted by molar-refractivity contribution is 0.283. The lowest BCUT2D eigenvalue weighted by Gasteiger charge is -2.02. The van der Waals surface area contributed by atoms with Gasteiger partial charge in [0.05, 0.1) is 6.61 Å². The first-order valence-corrected chi connectivity index (χ1v) is 6.50. The van der Waals surface area contributed by atoms with Gasteiger partial charge in [-0.3, -0.25) is 4.57 Å². The van der Waals surface area contributed by atoms with E-state index in [1.165, 1.54) is 6.08 Å². The molecule has 4 heteroatoms. The molecule has 1 aromatic rings. The maximum Gasteiger partial charge on any atom is 0.352 e. The van der Waals surface area contributed by atoms with Crippen LogP contribution < -0.4 is 0 Å². The van der Waals surface area contributed by atoms with Crippen LogP contribution in [0.15, 0.2) is 42.2 Å². The minimum Gasteiger partial charge on any atom is -0.321 e. The highest BCUT2D eigenvalue weighted by Gasteiger charge is 2.11. The van der Waals surface area contributed by atoms with Crippen LogP contribution in [0.4, 0.5) is 0 Å². The van der Waals surface area contributed by atoms with Crippen molar-refractivity contribution in [1.82, 2.24) is 0 Å². The van der Waals surface area contributed by atoms with Crippen molar-refractivity contribution >= 4 is 7.60 Å². The van der Waals surface area contributed by atoms with Crippen molar-refractivity contribution in [1.29, 1.82) is 0 Å². The predicted molar refractivity (Wildman–Crippen MR) is 63.9 cm³/mol. The van der Waals surface area contributed by atoms with Gasteiger partial charge in [0.25, 0.3) is 0 Å². The summed E-state index contributed by atoms with van der Waals surface area (Å²) < 4.78 is 15.8. The van der Waals surface area contributed by atoms with Crippen LogP contribution in [-0.2, 0) is 9.09 Å². The molecule has 0 heterocycles. The number of hydrogen-bond donors (Lipinski definition) is 1. The number of allylic oxidation sites excluding steroid dienone is 1. The molecular weight excluding hydrogens is 223 g/mol. The van der Waals surface area contributed by atoms with Crippen molar-refractivity contribution in [2.24, 2.45) is 0 Å². The third-order valence-electron chi connectivity index (χ3n) is 1.65. The molecule has 0 spiro atoms. The van der Waals surface area contributed by atoms with E-state index >= 15 is 0 Å². The molecular formula is C12H13O3P. The summed E-state index contributed by atoms with van der Waals surface area (Å²) in [6, 6.07) is 9.39. The quantitative estimate of drug-likeness (QED) is 0.648. The number of hydrogen-bond acceptors (Lipinski definition) is 2. The molecule has 1 N–H and O–H groups in total. The van der Waals surface area contributed by atoms with E-state index in [1.54, 1.807) is 6.92 Å². The van der Waals surface area contributed by atoms with Gasteiger partial charge >= 0.3 is 7.60 Å². The minimum atomic E-state index is -3.60. The van der Waals surface area contributed by atoms with Gasteiger partial charge in [0.15, 0.2) is 0 Å². The Morgan fingerprint density at radius 1 is 1.44 bits per heavy atom. The second-order valence-corrected chi connectivity index (χ2v) is 4.62. The molecule has 0 aliphatic heterocycles. The molecule has 0 saturated heterocycles. The highest BCUT2D eigenvalue weighted by atomic mass is 31.2.